The number of aromatic nitrogens is 1. The van der Waals surface area contributed by atoms with E-state index in [0.29, 0.717) is 0 Å². The number of nitrogens with one attached hydrogen (secondary N) is 2. The Kier molecular flexibility index (Phi) is 4.89. The van der Waals surface area contributed by atoms with Crippen LogP contribution in [0.5, 0.6) is 0 Å². The average molecular weight is 261 g/mol. The highest BCUT2D eigenvalue weighted by Gasteiger charge is 2.19. The monoisotopic (exact) mass is 261 g/mol. The standard InChI is InChI=1S/C14H19N3O2/c18-13(16-10-12-8-4-5-9-15-12)14(19)17-11-6-2-1-3-7-11/h4-5,8-9,11H,1-3,6-7,10H2,(H,16,18)(H,17,19). The van der Waals surface area contributed by atoms with Crippen LogP contribution in [0.1, 0.15) is 37.8 Å². The highest BCUT2D eigenvalue weighted by Crippen LogP contribution is 2.17. The molecule has 0 bridgehead atoms. The van der Waals surface area contributed by atoms with Crippen molar-refractivity contribution in [3.8, 4) is 0 Å². The molecule has 1 fully saturated rings. The van der Waals surface area contributed by atoms with Crippen LogP contribution in [-0.4, -0.2) is 22.8 Å². The molecule has 1 saturated carbocycles. The quantitative estimate of drug-likeness (QED) is 0.802. The molecule has 2 rings (SSSR count). The number of nitrogens with zero attached hydrogens (tertiary/aromatic N) is 1. The van der Waals surface area contributed by atoms with Crippen molar-refractivity contribution in [2.45, 2.75) is 44.7 Å². The summed E-state index contributed by atoms with van der Waals surface area (Å²) in [6.45, 7) is 0.276. The van der Waals surface area contributed by atoms with E-state index >= 15 is 0 Å². The fraction of sp³-hybridized carbons (Fsp3) is 0.500. The molecule has 0 radical (unpaired) electrons. The molecular weight excluding hydrogens is 242 g/mol. The molecule has 2 amide bonds. The molecule has 1 aromatic heterocycles. The van der Waals surface area contributed by atoms with Gasteiger partial charge in [0.1, 0.15) is 0 Å². The molecule has 1 aliphatic rings. The van der Waals surface area contributed by atoms with E-state index in [0.717, 1.165) is 31.4 Å². The van der Waals surface area contributed by atoms with Crippen LogP contribution in [0.4, 0.5) is 0 Å². The van der Waals surface area contributed by atoms with E-state index in [1.165, 1.54) is 6.42 Å². The zero-order chi connectivity index (χ0) is 13.5. The highest BCUT2D eigenvalue weighted by molar-refractivity contribution is 6.35. The van der Waals surface area contributed by atoms with Gasteiger partial charge in [0, 0.05) is 12.2 Å². The van der Waals surface area contributed by atoms with Gasteiger partial charge in [-0.25, -0.2) is 0 Å². The smallest absolute Gasteiger partial charge is 0.309 e. The first-order valence-corrected chi connectivity index (χ1v) is 6.74. The van der Waals surface area contributed by atoms with Gasteiger partial charge < -0.3 is 10.6 Å². The van der Waals surface area contributed by atoms with Crippen LogP contribution in [0.25, 0.3) is 0 Å². The molecular formula is C14H19N3O2. The molecule has 1 heterocycles. The van der Waals surface area contributed by atoms with Crippen LogP contribution in [0.3, 0.4) is 0 Å². The van der Waals surface area contributed by atoms with E-state index in [-0.39, 0.29) is 12.6 Å². The van der Waals surface area contributed by atoms with Crippen LogP contribution < -0.4 is 10.6 Å². The fourth-order valence-corrected chi connectivity index (χ4v) is 2.25. The maximum absolute atomic E-state index is 11.7. The average Bonchev–Trinajstić information content (AvgIpc) is 2.47. The normalized spacial score (nSPS) is 15.8. The third kappa shape index (κ3) is 4.35. The number of amides is 2. The Morgan fingerprint density at radius 3 is 2.63 bits per heavy atom. The lowest BCUT2D eigenvalue weighted by atomic mass is 9.95. The van der Waals surface area contributed by atoms with E-state index < -0.39 is 11.8 Å². The van der Waals surface area contributed by atoms with Gasteiger partial charge in [0.2, 0.25) is 0 Å². The molecule has 0 unspecified atom stereocenters. The van der Waals surface area contributed by atoms with Gasteiger partial charge in [-0.1, -0.05) is 25.3 Å². The van der Waals surface area contributed by atoms with Crippen LogP contribution in [-0.2, 0) is 16.1 Å². The number of hydrogen-bond acceptors (Lipinski definition) is 3. The second-order valence-corrected chi connectivity index (χ2v) is 4.81. The zero-order valence-corrected chi connectivity index (χ0v) is 10.9. The van der Waals surface area contributed by atoms with Gasteiger partial charge in [0.25, 0.3) is 0 Å². The largest absolute Gasteiger partial charge is 0.345 e. The summed E-state index contributed by atoms with van der Waals surface area (Å²) >= 11 is 0. The Hall–Kier alpha value is -1.91. The minimum absolute atomic E-state index is 0.154. The lowest BCUT2D eigenvalue weighted by Crippen LogP contribution is -2.45. The fourth-order valence-electron chi connectivity index (χ4n) is 2.25. The molecule has 0 aliphatic heterocycles. The summed E-state index contributed by atoms with van der Waals surface area (Å²) in [6, 6.07) is 5.61. The Labute approximate surface area is 112 Å². The van der Waals surface area contributed by atoms with Crippen molar-refractivity contribution in [3.05, 3.63) is 30.1 Å². The lowest BCUT2D eigenvalue weighted by molar-refractivity contribution is -0.139. The summed E-state index contributed by atoms with van der Waals surface area (Å²) in [5, 5.41) is 5.36. The van der Waals surface area contributed by atoms with Crippen molar-refractivity contribution in [1.82, 2.24) is 15.6 Å². The van der Waals surface area contributed by atoms with E-state index in [1.807, 2.05) is 6.07 Å². The van der Waals surface area contributed by atoms with E-state index in [9.17, 15) is 9.59 Å². The minimum atomic E-state index is -0.587. The number of carbonyl (C=O) groups is 2. The molecule has 5 heteroatoms. The van der Waals surface area contributed by atoms with Crippen molar-refractivity contribution < 1.29 is 9.59 Å². The van der Waals surface area contributed by atoms with Crippen LogP contribution in [0, 0.1) is 0 Å². The number of hydrogen-bond donors (Lipinski definition) is 2. The summed E-state index contributed by atoms with van der Waals surface area (Å²) in [7, 11) is 0. The van der Waals surface area contributed by atoms with Gasteiger partial charge in [-0.2, -0.15) is 0 Å². The summed E-state index contributed by atoms with van der Waals surface area (Å²) in [4.78, 5) is 27.4. The predicted octanol–water partition coefficient (Wildman–Crippen LogP) is 1.15. The van der Waals surface area contributed by atoms with Crippen molar-refractivity contribution in [2.24, 2.45) is 0 Å². The minimum Gasteiger partial charge on any atom is -0.345 e. The second-order valence-electron chi connectivity index (χ2n) is 4.81. The molecule has 0 saturated heterocycles. The SMILES string of the molecule is O=C(NCc1ccccn1)C(=O)NC1CCCCC1. The Morgan fingerprint density at radius 1 is 1.16 bits per heavy atom. The summed E-state index contributed by atoms with van der Waals surface area (Å²) < 4.78 is 0. The maximum atomic E-state index is 11.7. The van der Waals surface area contributed by atoms with Gasteiger partial charge in [0.05, 0.1) is 12.2 Å². The first-order valence-electron chi connectivity index (χ1n) is 6.74. The molecule has 2 N–H and O–H groups in total. The third-order valence-electron chi connectivity index (χ3n) is 3.30. The Bertz CT molecular complexity index is 428. The van der Waals surface area contributed by atoms with Crippen LogP contribution in [0.2, 0.25) is 0 Å². The number of rotatable bonds is 3. The molecule has 0 aromatic carbocycles. The molecule has 1 aromatic rings. The van der Waals surface area contributed by atoms with Crippen molar-refractivity contribution in [2.75, 3.05) is 0 Å². The van der Waals surface area contributed by atoms with Crippen molar-refractivity contribution in [3.63, 3.8) is 0 Å². The van der Waals surface area contributed by atoms with Gasteiger partial charge in [-0.05, 0) is 25.0 Å². The van der Waals surface area contributed by atoms with Gasteiger partial charge in [-0.3, -0.25) is 14.6 Å². The molecule has 102 valence electrons. The molecule has 19 heavy (non-hydrogen) atoms. The van der Waals surface area contributed by atoms with E-state index in [4.69, 9.17) is 0 Å². The maximum Gasteiger partial charge on any atom is 0.309 e. The predicted molar refractivity (Wildman–Crippen MR) is 71.1 cm³/mol. The molecule has 5 nitrogen and oxygen atoms in total. The highest BCUT2D eigenvalue weighted by atomic mass is 16.2. The molecule has 1 aliphatic carbocycles. The summed E-state index contributed by atoms with van der Waals surface area (Å²) in [6.07, 6.45) is 7.07. The van der Waals surface area contributed by atoms with E-state index in [2.05, 4.69) is 15.6 Å². The second kappa shape index (κ2) is 6.87. The van der Waals surface area contributed by atoms with Gasteiger partial charge in [0.15, 0.2) is 0 Å². The van der Waals surface area contributed by atoms with Crippen molar-refractivity contribution >= 4 is 11.8 Å². The zero-order valence-electron chi connectivity index (χ0n) is 10.9. The third-order valence-corrected chi connectivity index (χ3v) is 3.30. The molecule has 0 spiro atoms. The summed E-state index contributed by atoms with van der Waals surface area (Å²) in [5.74, 6) is -1.13. The lowest BCUT2D eigenvalue weighted by Gasteiger charge is -2.22. The first kappa shape index (κ1) is 13.5. The Morgan fingerprint density at radius 2 is 1.95 bits per heavy atom. The molecule has 0 atom stereocenters. The topological polar surface area (TPSA) is 71.1 Å². The van der Waals surface area contributed by atoms with Crippen LogP contribution in [0.15, 0.2) is 24.4 Å². The number of carbonyl (C=O) groups excluding carboxylic acids is 2. The van der Waals surface area contributed by atoms with E-state index in [1.54, 1.807) is 18.3 Å². The summed E-state index contributed by atoms with van der Waals surface area (Å²) in [5.41, 5.74) is 0.737. The van der Waals surface area contributed by atoms with Crippen molar-refractivity contribution in [1.29, 1.82) is 0 Å². The van der Waals surface area contributed by atoms with Crippen LogP contribution >= 0.6 is 0 Å². The van der Waals surface area contributed by atoms with Gasteiger partial charge in [-0.15, -0.1) is 0 Å². The number of pyridine rings is 1. The van der Waals surface area contributed by atoms with Gasteiger partial charge >= 0.3 is 11.8 Å². The first-order chi connectivity index (χ1) is 9.25. The Balaban J connectivity index is 1.74.